The first kappa shape index (κ1) is 13.8. The van der Waals surface area contributed by atoms with E-state index >= 15 is 0 Å². The Bertz CT molecular complexity index is 469. The second-order valence-corrected chi connectivity index (χ2v) is 4.77. The minimum atomic E-state index is 0.0415. The molecule has 0 aromatic carbocycles. The largest absolute Gasteiger partial charge is 0.468 e. The van der Waals surface area contributed by atoms with Crippen LogP contribution in [0.5, 0.6) is 0 Å². The van der Waals surface area contributed by atoms with Crippen LogP contribution in [0.25, 0.3) is 0 Å². The molecule has 0 fully saturated rings. The molecule has 4 heteroatoms. The third kappa shape index (κ3) is 3.43. The molecule has 0 bridgehead atoms. The van der Waals surface area contributed by atoms with E-state index in [4.69, 9.17) is 10.2 Å². The number of nitrogens with two attached hydrogens (primary N) is 1. The Morgan fingerprint density at radius 2 is 2.16 bits per heavy atom. The number of hydrogen-bond acceptors (Lipinski definition) is 4. The molecule has 0 aliphatic heterocycles. The lowest BCUT2D eigenvalue weighted by Crippen LogP contribution is -2.38. The van der Waals surface area contributed by atoms with Crippen molar-refractivity contribution in [3.63, 3.8) is 0 Å². The molecule has 2 aromatic rings. The van der Waals surface area contributed by atoms with E-state index in [2.05, 4.69) is 23.9 Å². The van der Waals surface area contributed by atoms with E-state index in [1.807, 2.05) is 36.5 Å². The van der Waals surface area contributed by atoms with Gasteiger partial charge in [0.1, 0.15) is 5.76 Å². The van der Waals surface area contributed by atoms with Crippen LogP contribution in [0.2, 0.25) is 0 Å². The molecule has 0 amide bonds. The molecular weight excluding hydrogens is 238 g/mol. The second kappa shape index (κ2) is 6.50. The SMILES string of the molecule is CCC(N)C(c1ccco1)N(C)Cc1ccccn1. The molecule has 2 aromatic heterocycles. The van der Waals surface area contributed by atoms with Crippen molar-refractivity contribution in [2.24, 2.45) is 5.73 Å². The Morgan fingerprint density at radius 3 is 2.74 bits per heavy atom. The molecule has 2 unspecified atom stereocenters. The molecule has 0 saturated heterocycles. The summed E-state index contributed by atoms with van der Waals surface area (Å²) in [6, 6.07) is 9.94. The van der Waals surface area contributed by atoms with E-state index in [-0.39, 0.29) is 12.1 Å². The number of aromatic nitrogens is 1. The van der Waals surface area contributed by atoms with E-state index in [0.29, 0.717) is 0 Å². The van der Waals surface area contributed by atoms with E-state index in [1.54, 1.807) is 6.26 Å². The number of pyridine rings is 1. The van der Waals surface area contributed by atoms with Crippen molar-refractivity contribution in [3.8, 4) is 0 Å². The molecule has 19 heavy (non-hydrogen) atoms. The first-order valence-corrected chi connectivity index (χ1v) is 6.61. The number of nitrogens with zero attached hydrogens (tertiary/aromatic N) is 2. The quantitative estimate of drug-likeness (QED) is 0.866. The van der Waals surface area contributed by atoms with Crippen LogP contribution in [-0.4, -0.2) is 23.0 Å². The molecule has 0 saturated carbocycles. The van der Waals surface area contributed by atoms with Crippen molar-refractivity contribution < 1.29 is 4.42 Å². The molecule has 2 rings (SSSR count). The first-order valence-electron chi connectivity index (χ1n) is 6.61. The summed E-state index contributed by atoms with van der Waals surface area (Å²) in [5.41, 5.74) is 7.27. The summed E-state index contributed by atoms with van der Waals surface area (Å²) in [5.74, 6) is 0.910. The van der Waals surface area contributed by atoms with Gasteiger partial charge in [0.05, 0.1) is 18.0 Å². The van der Waals surface area contributed by atoms with Gasteiger partial charge in [0.25, 0.3) is 0 Å². The van der Waals surface area contributed by atoms with Gasteiger partial charge in [-0.2, -0.15) is 0 Å². The molecule has 4 nitrogen and oxygen atoms in total. The molecule has 0 aliphatic carbocycles. The fraction of sp³-hybridized carbons (Fsp3) is 0.400. The standard InChI is InChI=1S/C15H21N3O/c1-3-13(16)15(14-8-6-10-19-14)18(2)11-12-7-4-5-9-17-12/h4-10,13,15H,3,11,16H2,1-2H3. The highest BCUT2D eigenvalue weighted by Crippen LogP contribution is 2.25. The zero-order chi connectivity index (χ0) is 13.7. The second-order valence-electron chi connectivity index (χ2n) is 4.77. The molecular formula is C15H21N3O. The van der Waals surface area contributed by atoms with Gasteiger partial charge in [-0.25, -0.2) is 0 Å². The smallest absolute Gasteiger partial charge is 0.122 e. The Kier molecular flexibility index (Phi) is 4.71. The van der Waals surface area contributed by atoms with Crippen LogP contribution in [0, 0.1) is 0 Å². The zero-order valence-electron chi connectivity index (χ0n) is 11.5. The Hall–Kier alpha value is -1.65. The van der Waals surface area contributed by atoms with Crippen molar-refractivity contribution in [2.45, 2.75) is 32.0 Å². The lowest BCUT2D eigenvalue weighted by atomic mass is 10.0. The highest BCUT2D eigenvalue weighted by molar-refractivity contribution is 5.09. The summed E-state index contributed by atoms with van der Waals surface area (Å²) < 4.78 is 5.54. The van der Waals surface area contributed by atoms with E-state index in [9.17, 15) is 0 Å². The molecule has 2 N–H and O–H groups in total. The highest BCUT2D eigenvalue weighted by Gasteiger charge is 2.25. The van der Waals surface area contributed by atoms with E-state index in [1.165, 1.54) is 0 Å². The number of rotatable bonds is 6. The summed E-state index contributed by atoms with van der Waals surface area (Å²) in [6.07, 6.45) is 4.40. The predicted octanol–water partition coefficient (Wildman–Crippen LogP) is 2.59. The summed E-state index contributed by atoms with van der Waals surface area (Å²) in [5, 5.41) is 0. The summed E-state index contributed by atoms with van der Waals surface area (Å²) >= 11 is 0. The van der Waals surface area contributed by atoms with Gasteiger partial charge in [0.2, 0.25) is 0 Å². The third-order valence-electron chi connectivity index (χ3n) is 3.32. The maximum absolute atomic E-state index is 6.24. The number of hydrogen-bond donors (Lipinski definition) is 1. The van der Waals surface area contributed by atoms with Gasteiger partial charge in [-0.3, -0.25) is 9.88 Å². The van der Waals surface area contributed by atoms with Crippen LogP contribution in [0.4, 0.5) is 0 Å². The Labute approximate surface area is 114 Å². The van der Waals surface area contributed by atoms with Gasteiger partial charge in [-0.05, 0) is 37.7 Å². The third-order valence-corrected chi connectivity index (χ3v) is 3.32. The van der Waals surface area contributed by atoms with Crippen molar-refractivity contribution in [1.82, 2.24) is 9.88 Å². The van der Waals surface area contributed by atoms with Crippen molar-refractivity contribution >= 4 is 0 Å². The summed E-state index contributed by atoms with van der Waals surface area (Å²) in [6.45, 7) is 2.84. The van der Waals surface area contributed by atoms with Crippen LogP contribution >= 0.6 is 0 Å². The fourth-order valence-corrected chi connectivity index (χ4v) is 2.28. The Balaban J connectivity index is 2.14. The van der Waals surface area contributed by atoms with Crippen LogP contribution in [-0.2, 0) is 6.54 Å². The maximum Gasteiger partial charge on any atom is 0.122 e. The fourth-order valence-electron chi connectivity index (χ4n) is 2.28. The van der Waals surface area contributed by atoms with E-state index < -0.39 is 0 Å². The Morgan fingerprint density at radius 1 is 1.32 bits per heavy atom. The minimum Gasteiger partial charge on any atom is -0.468 e. The molecule has 0 spiro atoms. The average Bonchev–Trinajstić information content (AvgIpc) is 2.93. The molecule has 0 aliphatic rings. The van der Waals surface area contributed by atoms with Gasteiger partial charge < -0.3 is 10.2 Å². The highest BCUT2D eigenvalue weighted by atomic mass is 16.3. The average molecular weight is 259 g/mol. The lowest BCUT2D eigenvalue weighted by Gasteiger charge is -2.30. The monoisotopic (exact) mass is 259 g/mol. The van der Waals surface area contributed by atoms with Crippen LogP contribution in [0.3, 0.4) is 0 Å². The number of furan rings is 1. The van der Waals surface area contributed by atoms with Crippen molar-refractivity contribution in [1.29, 1.82) is 0 Å². The molecule has 102 valence electrons. The normalized spacial score (nSPS) is 14.5. The van der Waals surface area contributed by atoms with Crippen LogP contribution < -0.4 is 5.73 Å². The predicted molar refractivity (Wildman–Crippen MR) is 75.4 cm³/mol. The van der Waals surface area contributed by atoms with Crippen molar-refractivity contribution in [2.75, 3.05) is 7.05 Å². The van der Waals surface area contributed by atoms with Gasteiger partial charge in [0.15, 0.2) is 0 Å². The maximum atomic E-state index is 6.24. The molecule has 0 radical (unpaired) electrons. The van der Waals surface area contributed by atoms with E-state index in [0.717, 1.165) is 24.4 Å². The first-order chi connectivity index (χ1) is 9.22. The summed E-state index contributed by atoms with van der Waals surface area (Å²) in [4.78, 5) is 6.54. The number of likely N-dealkylation sites (N-methyl/N-ethyl adjacent to an activating group) is 1. The minimum absolute atomic E-state index is 0.0415. The van der Waals surface area contributed by atoms with Gasteiger partial charge in [0, 0.05) is 18.8 Å². The summed E-state index contributed by atoms with van der Waals surface area (Å²) in [7, 11) is 2.05. The van der Waals surface area contributed by atoms with Gasteiger partial charge in [-0.1, -0.05) is 13.0 Å². The van der Waals surface area contributed by atoms with Gasteiger partial charge >= 0.3 is 0 Å². The van der Waals surface area contributed by atoms with Gasteiger partial charge in [-0.15, -0.1) is 0 Å². The lowest BCUT2D eigenvalue weighted by molar-refractivity contribution is 0.174. The van der Waals surface area contributed by atoms with Crippen LogP contribution in [0.15, 0.2) is 47.2 Å². The molecule has 2 heterocycles. The zero-order valence-corrected chi connectivity index (χ0v) is 11.5. The van der Waals surface area contributed by atoms with Crippen LogP contribution in [0.1, 0.15) is 30.8 Å². The molecule has 2 atom stereocenters. The topological polar surface area (TPSA) is 55.3 Å². The van der Waals surface area contributed by atoms with Crippen molar-refractivity contribution in [3.05, 3.63) is 54.2 Å².